The van der Waals surface area contributed by atoms with E-state index in [1.54, 1.807) is 7.11 Å². The van der Waals surface area contributed by atoms with Crippen LogP contribution in [0.4, 0.5) is 0 Å². The zero-order chi connectivity index (χ0) is 11.5. The first-order valence-electron chi connectivity index (χ1n) is 5.17. The highest BCUT2D eigenvalue weighted by Crippen LogP contribution is 2.28. The van der Waals surface area contributed by atoms with Crippen LogP contribution in [0.1, 0.15) is 12.2 Å². The SMILES string of the molecule is COc1cccn2c(CCCN)nc(Br)c12. The van der Waals surface area contributed by atoms with Crippen LogP contribution in [0.2, 0.25) is 0 Å². The van der Waals surface area contributed by atoms with E-state index in [-0.39, 0.29) is 0 Å². The van der Waals surface area contributed by atoms with Crippen LogP contribution in [-0.2, 0) is 6.42 Å². The number of imidazole rings is 1. The van der Waals surface area contributed by atoms with Crippen molar-refractivity contribution in [1.29, 1.82) is 0 Å². The van der Waals surface area contributed by atoms with Crippen LogP contribution in [0.3, 0.4) is 0 Å². The van der Waals surface area contributed by atoms with E-state index < -0.39 is 0 Å². The Morgan fingerprint density at radius 2 is 2.38 bits per heavy atom. The summed E-state index contributed by atoms with van der Waals surface area (Å²) in [5.41, 5.74) is 6.48. The molecule has 2 rings (SSSR count). The lowest BCUT2D eigenvalue weighted by Crippen LogP contribution is -2.03. The summed E-state index contributed by atoms with van der Waals surface area (Å²) in [6.07, 6.45) is 3.79. The number of nitrogens with zero attached hydrogens (tertiary/aromatic N) is 2. The Morgan fingerprint density at radius 3 is 3.06 bits per heavy atom. The second kappa shape index (κ2) is 4.84. The van der Waals surface area contributed by atoms with Crippen LogP contribution >= 0.6 is 15.9 Å². The Hall–Kier alpha value is -1.07. The average molecular weight is 284 g/mol. The molecule has 2 aromatic rings. The molecule has 2 aromatic heterocycles. The number of hydrogen-bond donors (Lipinski definition) is 1. The third-order valence-electron chi connectivity index (χ3n) is 2.48. The second-order valence-electron chi connectivity index (χ2n) is 3.51. The molecule has 0 fully saturated rings. The van der Waals surface area contributed by atoms with Gasteiger partial charge in [0.15, 0.2) is 0 Å². The molecule has 4 nitrogen and oxygen atoms in total. The molecule has 2 N–H and O–H groups in total. The van der Waals surface area contributed by atoms with Crippen molar-refractivity contribution in [3.8, 4) is 5.75 Å². The number of nitrogens with two attached hydrogens (primary N) is 1. The van der Waals surface area contributed by atoms with Crippen LogP contribution in [0.15, 0.2) is 22.9 Å². The van der Waals surface area contributed by atoms with E-state index in [1.165, 1.54) is 0 Å². The lowest BCUT2D eigenvalue weighted by Gasteiger charge is -2.04. The van der Waals surface area contributed by atoms with Crippen molar-refractivity contribution in [3.63, 3.8) is 0 Å². The maximum Gasteiger partial charge on any atom is 0.145 e. The molecule has 0 saturated heterocycles. The van der Waals surface area contributed by atoms with Gasteiger partial charge in [0.2, 0.25) is 0 Å². The second-order valence-corrected chi connectivity index (χ2v) is 4.26. The van der Waals surface area contributed by atoms with Crippen molar-refractivity contribution < 1.29 is 4.74 Å². The van der Waals surface area contributed by atoms with Gasteiger partial charge in [-0.15, -0.1) is 0 Å². The number of pyridine rings is 1. The maximum atomic E-state index is 5.51. The number of hydrogen-bond acceptors (Lipinski definition) is 3. The van der Waals surface area contributed by atoms with Gasteiger partial charge in [0.1, 0.15) is 21.7 Å². The fourth-order valence-corrected chi connectivity index (χ4v) is 2.32. The molecule has 0 amide bonds. The van der Waals surface area contributed by atoms with Crippen molar-refractivity contribution in [2.45, 2.75) is 12.8 Å². The van der Waals surface area contributed by atoms with Gasteiger partial charge in [0, 0.05) is 12.6 Å². The predicted molar refractivity (Wildman–Crippen MR) is 66.8 cm³/mol. The van der Waals surface area contributed by atoms with Gasteiger partial charge in [-0.25, -0.2) is 4.98 Å². The molecular formula is C11H14BrN3O. The summed E-state index contributed by atoms with van der Waals surface area (Å²) in [7, 11) is 1.66. The molecule has 0 aliphatic heterocycles. The van der Waals surface area contributed by atoms with E-state index in [0.29, 0.717) is 6.54 Å². The highest BCUT2D eigenvalue weighted by atomic mass is 79.9. The monoisotopic (exact) mass is 283 g/mol. The zero-order valence-corrected chi connectivity index (χ0v) is 10.7. The molecule has 2 heterocycles. The molecule has 0 aromatic carbocycles. The standard InChI is InChI=1S/C11H14BrN3O/c1-16-8-4-3-7-15-9(5-2-6-13)14-11(12)10(8)15/h3-4,7H,2,5-6,13H2,1H3. The number of halogens is 1. The van der Waals surface area contributed by atoms with Crippen LogP contribution in [0.25, 0.3) is 5.52 Å². The average Bonchev–Trinajstić information content (AvgIpc) is 2.64. The van der Waals surface area contributed by atoms with Gasteiger partial charge in [-0.2, -0.15) is 0 Å². The fraction of sp³-hybridized carbons (Fsp3) is 0.364. The summed E-state index contributed by atoms with van der Waals surface area (Å²) >= 11 is 3.46. The van der Waals surface area contributed by atoms with Gasteiger partial charge in [-0.05, 0) is 41.0 Å². The summed E-state index contributed by atoms with van der Waals surface area (Å²) in [6.45, 7) is 0.677. The summed E-state index contributed by atoms with van der Waals surface area (Å²) in [4.78, 5) is 4.48. The molecule has 0 aliphatic carbocycles. The number of fused-ring (bicyclic) bond motifs is 1. The molecule has 0 unspecified atom stereocenters. The zero-order valence-electron chi connectivity index (χ0n) is 9.11. The minimum absolute atomic E-state index is 0.677. The van der Waals surface area contributed by atoms with Gasteiger partial charge in [-0.3, -0.25) is 4.40 Å². The number of aryl methyl sites for hydroxylation is 1. The molecule has 0 bridgehead atoms. The van der Waals surface area contributed by atoms with Crippen LogP contribution in [0, 0.1) is 0 Å². The van der Waals surface area contributed by atoms with E-state index in [9.17, 15) is 0 Å². The summed E-state index contributed by atoms with van der Waals surface area (Å²) in [6, 6.07) is 3.88. The van der Waals surface area contributed by atoms with Gasteiger partial charge in [0.05, 0.1) is 7.11 Å². The van der Waals surface area contributed by atoms with E-state index in [4.69, 9.17) is 10.5 Å². The van der Waals surface area contributed by atoms with Gasteiger partial charge in [0.25, 0.3) is 0 Å². The summed E-state index contributed by atoms with van der Waals surface area (Å²) < 4.78 is 8.17. The first kappa shape index (κ1) is 11.4. The Labute approximate surface area is 103 Å². The van der Waals surface area contributed by atoms with Crippen molar-refractivity contribution >= 4 is 21.4 Å². The first-order chi connectivity index (χ1) is 7.77. The van der Waals surface area contributed by atoms with Crippen molar-refractivity contribution in [2.24, 2.45) is 5.73 Å². The number of rotatable bonds is 4. The third kappa shape index (κ3) is 1.92. The molecule has 0 radical (unpaired) electrons. The molecule has 0 saturated carbocycles. The number of aromatic nitrogens is 2. The molecular weight excluding hydrogens is 270 g/mol. The largest absolute Gasteiger partial charge is 0.494 e. The Morgan fingerprint density at radius 1 is 1.56 bits per heavy atom. The van der Waals surface area contributed by atoms with Crippen molar-refractivity contribution in [3.05, 3.63) is 28.8 Å². The molecule has 16 heavy (non-hydrogen) atoms. The molecule has 0 atom stereocenters. The minimum atomic E-state index is 0.677. The smallest absolute Gasteiger partial charge is 0.145 e. The fourth-order valence-electron chi connectivity index (χ4n) is 1.73. The van der Waals surface area contributed by atoms with Crippen molar-refractivity contribution in [2.75, 3.05) is 13.7 Å². The van der Waals surface area contributed by atoms with E-state index in [1.807, 2.05) is 22.7 Å². The summed E-state index contributed by atoms with van der Waals surface area (Å²) in [5, 5.41) is 0. The highest BCUT2D eigenvalue weighted by molar-refractivity contribution is 9.10. The van der Waals surface area contributed by atoms with Gasteiger partial charge >= 0.3 is 0 Å². The molecule has 86 valence electrons. The Bertz CT molecular complexity index is 495. The third-order valence-corrected chi connectivity index (χ3v) is 3.04. The van der Waals surface area contributed by atoms with Crippen LogP contribution < -0.4 is 10.5 Å². The first-order valence-corrected chi connectivity index (χ1v) is 5.96. The molecule has 0 aliphatic rings. The lowest BCUT2D eigenvalue weighted by molar-refractivity contribution is 0.417. The molecule has 5 heteroatoms. The Balaban J connectivity index is 2.53. The maximum absolute atomic E-state index is 5.51. The van der Waals surface area contributed by atoms with Crippen LogP contribution in [0.5, 0.6) is 5.75 Å². The predicted octanol–water partition coefficient (Wildman–Crippen LogP) is 2.00. The van der Waals surface area contributed by atoms with E-state index in [0.717, 1.165) is 34.5 Å². The van der Waals surface area contributed by atoms with E-state index in [2.05, 4.69) is 20.9 Å². The van der Waals surface area contributed by atoms with Gasteiger partial charge < -0.3 is 10.5 Å². The quantitative estimate of drug-likeness (QED) is 0.934. The Kier molecular flexibility index (Phi) is 3.46. The highest BCUT2D eigenvalue weighted by Gasteiger charge is 2.12. The minimum Gasteiger partial charge on any atom is -0.494 e. The normalized spacial score (nSPS) is 10.9. The topological polar surface area (TPSA) is 52.5 Å². The molecule has 0 spiro atoms. The van der Waals surface area contributed by atoms with Crippen LogP contribution in [-0.4, -0.2) is 23.0 Å². The van der Waals surface area contributed by atoms with Gasteiger partial charge in [-0.1, -0.05) is 0 Å². The van der Waals surface area contributed by atoms with E-state index >= 15 is 0 Å². The number of methoxy groups -OCH3 is 1. The number of ether oxygens (including phenoxy) is 1. The lowest BCUT2D eigenvalue weighted by atomic mass is 10.3. The summed E-state index contributed by atoms with van der Waals surface area (Å²) in [5.74, 6) is 1.83. The van der Waals surface area contributed by atoms with Crippen molar-refractivity contribution in [1.82, 2.24) is 9.38 Å².